The minimum Gasteiger partial charge on any atom is -0.480 e. The molecular formula is C12H12ClFN2O2. The number of amides is 1. The number of benzene rings is 1. The average Bonchev–Trinajstić information content (AvgIpc) is 2.36. The Morgan fingerprint density at radius 3 is 2.89 bits per heavy atom. The standard InChI is InChI=1S/C12H12ClFN2O2/c1-7(15)10-6-16(12(17)11(13)14)8-4-2-3-5-9(8)18-10/h2-5,10-11H,1,6,15H2. The zero-order valence-electron chi connectivity index (χ0n) is 9.48. The number of nitrogens with two attached hydrogens (primary N) is 1. The zero-order valence-corrected chi connectivity index (χ0v) is 10.2. The van der Waals surface area contributed by atoms with E-state index in [1.807, 2.05) is 0 Å². The Bertz CT molecular complexity index is 493. The Labute approximate surface area is 109 Å². The van der Waals surface area contributed by atoms with Crippen molar-refractivity contribution in [2.45, 2.75) is 11.7 Å². The highest BCUT2D eigenvalue weighted by molar-refractivity contribution is 6.31. The van der Waals surface area contributed by atoms with Crippen molar-refractivity contribution in [1.82, 2.24) is 0 Å². The van der Waals surface area contributed by atoms with Gasteiger partial charge < -0.3 is 15.4 Å². The number of alkyl halides is 2. The van der Waals surface area contributed by atoms with Crippen LogP contribution in [-0.2, 0) is 4.79 Å². The maximum atomic E-state index is 13.0. The predicted molar refractivity (Wildman–Crippen MR) is 67.3 cm³/mol. The fourth-order valence-corrected chi connectivity index (χ4v) is 1.87. The Hall–Kier alpha value is -1.75. The topological polar surface area (TPSA) is 55.6 Å². The van der Waals surface area contributed by atoms with Crippen molar-refractivity contribution in [2.75, 3.05) is 11.4 Å². The molecule has 0 radical (unpaired) electrons. The summed E-state index contributed by atoms with van der Waals surface area (Å²) >= 11 is 5.20. The van der Waals surface area contributed by atoms with Crippen molar-refractivity contribution in [2.24, 2.45) is 5.73 Å². The fraction of sp³-hybridized carbons (Fsp3) is 0.250. The van der Waals surface area contributed by atoms with E-state index in [2.05, 4.69) is 6.58 Å². The highest BCUT2D eigenvalue weighted by atomic mass is 35.5. The summed E-state index contributed by atoms with van der Waals surface area (Å²) in [4.78, 5) is 12.9. The lowest BCUT2D eigenvalue weighted by Crippen LogP contribution is -2.47. The van der Waals surface area contributed by atoms with E-state index in [-0.39, 0.29) is 12.2 Å². The van der Waals surface area contributed by atoms with E-state index in [1.165, 1.54) is 4.90 Å². The summed E-state index contributed by atoms with van der Waals surface area (Å²) in [7, 11) is 0. The van der Waals surface area contributed by atoms with E-state index in [0.29, 0.717) is 11.4 Å². The third-order valence-electron chi connectivity index (χ3n) is 2.64. The SMILES string of the molecule is C=C(N)C1CN(C(=O)C(F)Cl)c2ccccc2O1. The molecule has 4 nitrogen and oxygen atoms in total. The number of fused-ring (bicyclic) bond motifs is 1. The Morgan fingerprint density at radius 1 is 1.61 bits per heavy atom. The van der Waals surface area contributed by atoms with Gasteiger partial charge in [0, 0.05) is 5.70 Å². The van der Waals surface area contributed by atoms with E-state index in [0.717, 1.165) is 0 Å². The van der Waals surface area contributed by atoms with Crippen LogP contribution in [0.2, 0.25) is 0 Å². The lowest BCUT2D eigenvalue weighted by molar-refractivity contribution is -0.121. The molecule has 0 bridgehead atoms. The van der Waals surface area contributed by atoms with Gasteiger partial charge in [0.2, 0.25) is 0 Å². The van der Waals surface area contributed by atoms with E-state index in [1.54, 1.807) is 24.3 Å². The highest BCUT2D eigenvalue weighted by Crippen LogP contribution is 2.34. The largest absolute Gasteiger partial charge is 0.480 e. The van der Waals surface area contributed by atoms with Crippen LogP contribution in [0.15, 0.2) is 36.5 Å². The fourth-order valence-electron chi connectivity index (χ4n) is 1.75. The molecule has 0 fully saturated rings. The molecule has 1 heterocycles. The lowest BCUT2D eigenvalue weighted by Gasteiger charge is -2.34. The molecule has 1 aliphatic heterocycles. The number of para-hydroxylation sites is 2. The first-order valence-electron chi connectivity index (χ1n) is 5.30. The molecule has 2 N–H and O–H groups in total. The van der Waals surface area contributed by atoms with Crippen molar-refractivity contribution in [3.8, 4) is 5.75 Å². The van der Waals surface area contributed by atoms with Gasteiger partial charge in [-0.15, -0.1) is 0 Å². The summed E-state index contributed by atoms with van der Waals surface area (Å²) in [6.45, 7) is 3.67. The lowest BCUT2D eigenvalue weighted by atomic mass is 10.1. The van der Waals surface area contributed by atoms with Crippen molar-refractivity contribution in [3.05, 3.63) is 36.5 Å². The van der Waals surface area contributed by atoms with Gasteiger partial charge in [-0.05, 0) is 12.1 Å². The molecule has 0 saturated carbocycles. The van der Waals surface area contributed by atoms with Crippen LogP contribution in [-0.4, -0.2) is 24.2 Å². The molecule has 2 rings (SSSR count). The monoisotopic (exact) mass is 270 g/mol. The summed E-state index contributed by atoms with van der Waals surface area (Å²) < 4.78 is 18.6. The molecule has 0 aromatic heterocycles. The van der Waals surface area contributed by atoms with Crippen LogP contribution in [0.1, 0.15) is 0 Å². The van der Waals surface area contributed by atoms with E-state index in [4.69, 9.17) is 22.1 Å². The predicted octanol–water partition coefficient (Wildman–Crippen LogP) is 1.79. The summed E-state index contributed by atoms with van der Waals surface area (Å²) in [6, 6.07) is 6.80. The number of nitrogens with zero attached hydrogens (tertiary/aromatic N) is 1. The molecule has 96 valence electrons. The summed E-state index contributed by atoms with van der Waals surface area (Å²) in [5.41, 5.74) is 4.23. The van der Waals surface area contributed by atoms with Crippen molar-refractivity contribution in [3.63, 3.8) is 0 Å². The molecule has 0 saturated heterocycles. The van der Waals surface area contributed by atoms with E-state index in [9.17, 15) is 9.18 Å². The molecule has 1 aromatic rings. The number of ether oxygens (including phenoxy) is 1. The molecule has 1 aliphatic rings. The van der Waals surface area contributed by atoms with Crippen molar-refractivity contribution < 1.29 is 13.9 Å². The summed E-state index contributed by atoms with van der Waals surface area (Å²) in [5, 5.41) is 0. The van der Waals surface area contributed by atoms with Crippen molar-refractivity contribution >= 4 is 23.2 Å². The minimum atomic E-state index is -2.09. The number of hydrogen-bond acceptors (Lipinski definition) is 3. The van der Waals surface area contributed by atoms with Crippen LogP contribution >= 0.6 is 11.6 Å². The van der Waals surface area contributed by atoms with Crippen LogP contribution in [0.25, 0.3) is 0 Å². The molecule has 0 spiro atoms. The van der Waals surface area contributed by atoms with Gasteiger partial charge in [-0.3, -0.25) is 4.79 Å². The van der Waals surface area contributed by atoms with E-state index < -0.39 is 17.6 Å². The summed E-state index contributed by atoms with van der Waals surface area (Å²) in [6.07, 6.45) is -0.570. The quantitative estimate of drug-likeness (QED) is 0.834. The molecule has 2 atom stereocenters. The molecule has 18 heavy (non-hydrogen) atoms. The first kappa shape index (κ1) is 12.7. The minimum absolute atomic E-state index is 0.0956. The second kappa shape index (κ2) is 4.86. The van der Waals surface area contributed by atoms with Gasteiger partial charge in [-0.1, -0.05) is 30.3 Å². The third-order valence-corrected chi connectivity index (χ3v) is 2.83. The third kappa shape index (κ3) is 2.26. The number of rotatable bonds is 2. The van der Waals surface area contributed by atoms with Gasteiger partial charge in [-0.25, -0.2) is 4.39 Å². The molecule has 6 heteroatoms. The number of hydrogen-bond donors (Lipinski definition) is 1. The second-order valence-electron chi connectivity index (χ2n) is 3.90. The van der Waals surface area contributed by atoms with Crippen LogP contribution in [0, 0.1) is 0 Å². The van der Waals surface area contributed by atoms with E-state index >= 15 is 0 Å². The molecule has 1 amide bonds. The van der Waals surface area contributed by atoms with Gasteiger partial charge in [0.05, 0.1) is 12.2 Å². The zero-order chi connectivity index (χ0) is 13.3. The molecule has 0 aliphatic carbocycles. The van der Waals surface area contributed by atoms with Crippen LogP contribution < -0.4 is 15.4 Å². The molecule has 1 aromatic carbocycles. The van der Waals surface area contributed by atoms with Gasteiger partial charge in [0.15, 0.2) is 6.10 Å². The number of carbonyl (C=O) groups excluding carboxylic acids is 1. The van der Waals surface area contributed by atoms with Gasteiger partial charge in [0.25, 0.3) is 11.5 Å². The number of halogens is 2. The van der Waals surface area contributed by atoms with Gasteiger partial charge in [-0.2, -0.15) is 0 Å². The Kier molecular flexibility index (Phi) is 3.43. The Balaban J connectivity index is 2.39. The Morgan fingerprint density at radius 2 is 2.28 bits per heavy atom. The van der Waals surface area contributed by atoms with Gasteiger partial charge in [0.1, 0.15) is 5.75 Å². The first-order chi connectivity index (χ1) is 8.50. The molecular weight excluding hydrogens is 259 g/mol. The number of carbonyl (C=O) groups is 1. The molecule has 2 unspecified atom stereocenters. The van der Waals surface area contributed by atoms with Crippen molar-refractivity contribution in [1.29, 1.82) is 0 Å². The van der Waals surface area contributed by atoms with Crippen LogP contribution in [0.4, 0.5) is 10.1 Å². The highest BCUT2D eigenvalue weighted by Gasteiger charge is 2.33. The van der Waals surface area contributed by atoms with Gasteiger partial charge >= 0.3 is 0 Å². The summed E-state index contributed by atoms with van der Waals surface area (Å²) in [5.74, 6) is -0.385. The maximum Gasteiger partial charge on any atom is 0.277 e. The smallest absolute Gasteiger partial charge is 0.277 e. The number of anilines is 1. The maximum absolute atomic E-state index is 13.0. The second-order valence-corrected chi connectivity index (χ2v) is 4.28. The van der Waals surface area contributed by atoms with Crippen LogP contribution in [0.3, 0.4) is 0 Å². The van der Waals surface area contributed by atoms with Crippen LogP contribution in [0.5, 0.6) is 5.75 Å². The average molecular weight is 271 g/mol. The normalized spacial score (nSPS) is 19.7. The first-order valence-corrected chi connectivity index (χ1v) is 5.74.